The first-order valence-corrected chi connectivity index (χ1v) is 7.77. The average Bonchev–Trinajstić information content (AvgIpc) is 3.07. The molecule has 0 bridgehead atoms. The molecule has 0 amide bonds. The van der Waals surface area contributed by atoms with Crippen molar-refractivity contribution in [2.75, 3.05) is 12.8 Å². The van der Waals surface area contributed by atoms with Gasteiger partial charge < -0.3 is 10.5 Å². The largest absolute Gasteiger partial charge is 0.465 e. The van der Waals surface area contributed by atoms with E-state index in [0.717, 1.165) is 5.69 Å². The standard InChI is InChI=1S/C18H14N6O2/c1-26-18(25)11-4-6-12(7-5-11)24-16(13-3-2-8-21-15(13)19)23-14-9-20-10-22-17(14)24/h2-10H,1H3,(H2,19,21). The van der Waals surface area contributed by atoms with Crippen LogP contribution >= 0.6 is 0 Å². The number of nitrogens with zero attached hydrogens (tertiary/aromatic N) is 5. The number of carbonyl (C=O) groups excluding carboxylic acids is 1. The fourth-order valence-electron chi connectivity index (χ4n) is 2.73. The number of esters is 1. The molecule has 0 spiro atoms. The Kier molecular flexibility index (Phi) is 3.77. The molecule has 0 atom stereocenters. The van der Waals surface area contributed by atoms with E-state index in [1.165, 1.54) is 13.4 Å². The van der Waals surface area contributed by atoms with Crippen molar-refractivity contribution in [2.24, 2.45) is 0 Å². The maximum atomic E-state index is 11.7. The molecule has 2 N–H and O–H groups in total. The number of anilines is 1. The predicted octanol–water partition coefficient (Wildman–Crippen LogP) is 2.25. The molecule has 8 nitrogen and oxygen atoms in total. The molecule has 3 heterocycles. The second-order valence-electron chi connectivity index (χ2n) is 5.48. The van der Waals surface area contributed by atoms with Crippen LogP contribution < -0.4 is 5.73 Å². The summed E-state index contributed by atoms with van der Waals surface area (Å²) >= 11 is 0. The quantitative estimate of drug-likeness (QED) is 0.567. The maximum absolute atomic E-state index is 11.7. The van der Waals surface area contributed by atoms with Crippen LogP contribution in [-0.2, 0) is 4.74 Å². The van der Waals surface area contributed by atoms with Crippen molar-refractivity contribution in [1.29, 1.82) is 0 Å². The van der Waals surface area contributed by atoms with Gasteiger partial charge in [-0.1, -0.05) is 0 Å². The van der Waals surface area contributed by atoms with Crippen molar-refractivity contribution in [1.82, 2.24) is 24.5 Å². The van der Waals surface area contributed by atoms with E-state index < -0.39 is 5.97 Å². The van der Waals surface area contributed by atoms with Crippen LogP contribution in [0.1, 0.15) is 10.4 Å². The minimum Gasteiger partial charge on any atom is -0.465 e. The minimum absolute atomic E-state index is 0.364. The molecule has 26 heavy (non-hydrogen) atoms. The lowest BCUT2D eigenvalue weighted by Crippen LogP contribution is -2.04. The van der Waals surface area contributed by atoms with Gasteiger partial charge in [0.1, 0.15) is 17.7 Å². The summed E-state index contributed by atoms with van der Waals surface area (Å²) in [6, 6.07) is 10.6. The van der Waals surface area contributed by atoms with Crippen LogP contribution in [0.25, 0.3) is 28.2 Å². The van der Waals surface area contributed by atoms with Crippen LogP contribution in [0, 0.1) is 0 Å². The smallest absolute Gasteiger partial charge is 0.337 e. The van der Waals surface area contributed by atoms with Crippen LogP contribution in [0.3, 0.4) is 0 Å². The Hall–Kier alpha value is -3.81. The second kappa shape index (κ2) is 6.25. The maximum Gasteiger partial charge on any atom is 0.337 e. The topological polar surface area (TPSA) is 109 Å². The van der Waals surface area contributed by atoms with Crippen molar-refractivity contribution in [3.05, 3.63) is 60.7 Å². The first-order valence-electron chi connectivity index (χ1n) is 7.77. The lowest BCUT2D eigenvalue weighted by molar-refractivity contribution is 0.0601. The molecule has 0 radical (unpaired) electrons. The Morgan fingerprint density at radius 3 is 2.69 bits per heavy atom. The number of aromatic nitrogens is 5. The van der Waals surface area contributed by atoms with E-state index in [0.29, 0.717) is 33.9 Å². The van der Waals surface area contributed by atoms with E-state index >= 15 is 0 Å². The molecule has 0 saturated heterocycles. The monoisotopic (exact) mass is 346 g/mol. The lowest BCUT2D eigenvalue weighted by atomic mass is 10.2. The zero-order chi connectivity index (χ0) is 18.1. The van der Waals surface area contributed by atoms with Gasteiger partial charge in [-0.15, -0.1) is 0 Å². The molecule has 0 unspecified atom stereocenters. The summed E-state index contributed by atoms with van der Waals surface area (Å²) < 4.78 is 6.59. The molecule has 0 saturated carbocycles. The Balaban J connectivity index is 1.95. The van der Waals surface area contributed by atoms with Crippen molar-refractivity contribution >= 4 is 23.0 Å². The summed E-state index contributed by atoms with van der Waals surface area (Å²) in [6.07, 6.45) is 4.72. The van der Waals surface area contributed by atoms with Gasteiger partial charge in [0, 0.05) is 11.9 Å². The SMILES string of the molecule is COC(=O)c1ccc(-n2c(-c3cccnc3N)nc3cncnc32)cc1. The van der Waals surface area contributed by atoms with E-state index in [9.17, 15) is 4.79 Å². The van der Waals surface area contributed by atoms with Gasteiger partial charge in [-0.2, -0.15) is 0 Å². The molecule has 128 valence electrons. The van der Waals surface area contributed by atoms with E-state index in [4.69, 9.17) is 10.5 Å². The molecule has 0 aliphatic heterocycles. The van der Waals surface area contributed by atoms with Gasteiger partial charge in [-0.05, 0) is 36.4 Å². The fourth-order valence-corrected chi connectivity index (χ4v) is 2.73. The molecule has 8 heteroatoms. The highest BCUT2D eigenvalue weighted by molar-refractivity contribution is 5.90. The fraction of sp³-hybridized carbons (Fsp3) is 0.0556. The van der Waals surface area contributed by atoms with E-state index in [-0.39, 0.29) is 0 Å². The molecule has 0 aliphatic rings. The van der Waals surface area contributed by atoms with Crippen molar-refractivity contribution in [2.45, 2.75) is 0 Å². The number of carbonyl (C=O) groups is 1. The molecule has 1 aromatic carbocycles. The van der Waals surface area contributed by atoms with Crippen molar-refractivity contribution in [3.63, 3.8) is 0 Å². The number of hydrogen-bond donors (Lipinski definition) is 1. The van der Waals surface area contributed by atoms with Crippen LogP contribution in [0.2, 0.25) is 0 Å². The first-order chi connectivity index (χ1) is 12.7. The summed E-state index contributed by atoms with van der Waals surface area (Å²) in [7, 11) is 1.35. The number of ether oxygens (including phenoxy) is 1. The van der Waals surface area contributed by atoms with Gasteiger partial charge in [0.15, 0.2) is 11.5 Å². The summed E-state index contributed by atoms with van der Waals surface area (Å²) in [4.78, 5) is 28.8. The van der Waals surface area contributed by atoms with Crippen molar-refractivity contribution < 1.29 is 9.53 Å². The number of pyridine rings is 1. The lowest BCUT2D eigenvalue weighted by Gasteiger charge is -2.10. The normalized spacial score (nSPS) is 10.8. The number of fused-ring (bicyclic) bond motifs is 1. The highest BCUT2D eigenvalue weighted by Gasteiger charge is 2.18. The molecule has 0 fully saturated rings. The van der Waals surface area contributed by atoms with E-state index in [1.54, 1.807) is 42.7 Å². The van der Waals surface area contributed by atoms with E-state index in [1.807, 2.05) is 10.6 Å². The number of hydrogen-bond acceptors (Lipinski definition) is 7. The molecule has 4 rings (SSSR count). The third kappa shape index (κ3) is 2.53. The Labute approximate surface area is 148 Å². The van der Waals surface area contributed by atoms with Crippen LogP contribution in [-0.4, -0.2) is 37.6 Å². The van der Waals surface area contributed by atoms with Crippen molar-refractivity contribution in [3.8, 4) is 17.1 Å². The Morgan fingerprint density at radius 1 is 1.15 bits per heavy atom. The van der Waals surface area contributed by atoms with Crippen LogP contribution in [0.15, 0.2) is 55.1 Å². The van der Waals surface area contributed by atoms with Gasteiger partial charge in [0.2, 0.25) is 0 Å². The van der Waals surface area contributed by atoms with Gasteiger partial charge in [-0.25, -0.2) is 24.7 Å². The summed E-state index contributed by atoms with van der Waals surface area (Å²) in [5.41, 5.74) is 9.21. The number of imidazole rings is 1. The molecular weight excluding hydrogens is 332 g/mol. The van der Waals surface area contributed by atoms with Crippen LogP contribution in [0.5, 0.6) is 0 Å². The van der Waals surface area contributed by atoms with Gasteiger partial charge in [0.05, 0.1) is 24.4 Å². The summed E-state index contributed by atoms with van der Waals surface area (Å²) in [6.45, 7) is 0. The molecule has 4 aromatic rings. The molecule has 3 aromatic heterocycles. The first kappa shape index (κ1) is 15.7. The van der Waals surface area contributed by atoms with E-state index in [2.05, 4.69) is 19.9 Å². The minimum atomic E-state index is -0.397. The molecular formula is C18H14N6O2. The number of benzene rings is 1. The van der Waals surface area contributed by atoms with Gasteiger partial charge in [-0.3, -0.25) is 4.57 Å². The van der Waals surface area contributed by atoms with Crippen LogP contribution in [0.4, 0.5) is 5.82 Å². The predicted molar refractivity (Wildman–Crippen MR) is 95.6 cm³/mol. The second-order valence-corrected chi connectivity index (χ2v) is 5.48. The third-order valence-corrected chi connectivity index (χ3v) is 3.95. The summed E-state index contributed by atoms with van der Waals surface area (Å²) in [5.74, 6) is 0.561. The van der Waals surface area contributed by atoms with Gasteiger partial charge >= 0.3 is 5.97 Å². The van der Waals surface area contributed by atoms with Gasteiger partial charge in [0.25, 0.3) is 0 Å². The number of rotatable bonds is 3. The zero-order valence-electron chi connectivity index (χ0n) is 13.8. The zero-order valence-corrected chi connectivity index (χ0v) is 13.8. The highest BCUT2D eigenvalue weighted by Crippen LogP contribution is 2.29. The average molecular weight is 346 g/mol. The molecule has 0 aliphatic carbocycles. The highest BCUT2D eigenvalue weighted by atomic mass is 16.5. The summed E-state index contributed by atoms with van der Waals surface area (Å²) in [5, 5.41) is 0. The Morgan fingerprint density at radius 2 is 1.96 bits per heavy atom. The Bertz CT molecular complexity index is 1100. The number of methoxy groups -OCH3 is 1. The number of nitrogen functional groups attached to an aromatic ring is 1. The number of nitrogens with two attached hydrogens (primary N) is 1. The third-order valence-electron chi connectivity index (χ3n) is 3.95.